The summed E-state index contributed by atoms with van der Waals surface area (Å²) in [4.78, 5) is 0.168. The highest BCUT2D eigenvalue weighted by Crippen LogP contribution is 2.44. The van der Waals surface area contributed by atoms with Gasteiger partial charge < -0.3 is 15.8 Å². The molecule has 1 saturated carbocycles. The van der Waals surface area contributed by atoms with Crippen molar-refractivity contribution in [2.75, 3.05) is 25.2 Å². The molecular formula is C14H23N3O3S. The van der Waals surface area contributed by atoms with Crippen molar-refractivity contribution in [1.82, 2.24) is 4.72 Å². The van der Waals surface area contributed by atoms with Gasteiger partial charge in [-0.25, -0.2) is 13.1 Å². The van der Waals surface area contributed by atoms with Gasteiger partial charge in [0.05, 0.1) is 11.8 Å². The third kappa shape index (κ3) is 2.86. The normalized spacial score (nSPS) is 24.4. The zero-order valence-electron chi connectivity index (χ0n) is 12.8. The van der Waals surface area contributed by atoms with Crippen molar-refractivity contribution in [3.63, 3.8) is 0 Å². The first-order chi connectivity index (χ1) is 9.72. The molecule has 1 aliphatic carbocycles. The average Bonchev–Trinajstić information content (AvgIpc) is 2.44. The van der Waals surface area contributed by atoms with Gasteiger partial charge in [-0.15, -0.1) is 0 Å². The number of methoxy groups -OCH3 is 1. The molecule has 4 N–H and O–H groups in total. The first-order valence-electron chi connectivity index (χ1n) is 6.84. The number of nitrogen functional groups attached to an aromatic ring is 1. The lowest BCUT2D eigenvalue weighted by Crippen LogP contribution is -2.57. The SMILES string of the molecule is CNS(=O)(=O)c1cc(N)ccc1NC1CC(OC)C1(C)C. The van der Waals surface area contributed by atoms with E-state index < -0.39 is 10.0 Å². The number of anilines is 2. The lowest BCUT2D eigenvalue weighted by molar-refractivity contribution is -0.0795. The Morgan fingerprint density at radius 3 is 2.57 bits per heavy atom. The zero-order chi connectivity index (χ0) is 15.8. The number of sulfonamides is 1. The molecule has 1 aromatic rings. The molecule has 2 atom stereocenters. The number of nitrogens with one attached hydrogen (secondary N) is 2. The van der Waals surface area contributed by atoms with Gasteiger partial charge in [-0.2, -0.15) is 0 Å². The van der Waals surface area contributed by atoms with E-state index in [0.717, 1.165) is 6.42 Å². The first kappa shape index (κ1) is 16.1. The molecule has 0 radical (unpaired) electrons. The van der Waals surface area contributed by atoms with E-state index in [2.05, 4.69) is 23.9 Å². The maximum atomic E-state index is 12.1. The summed E-state index contributed by atoms with van der Waals surface area (Å²) in [6.07, 6.45) is 1.01. The van der Waals surface area contributed by atoms with Gasteiger partial charge in [-0.05, 0) is 31.7 Å². The highest BCUT2D eigenvalue weighted by atomic mass is 32.2. The minimum absolute atomic E-state index is 0.0587. The second-order valence-electron chi connectivity index (χ2n) is 5.94. The number of rotatable bonds is 5. The molecule has 0 heterocycles. The Morgan fingerprint density at radius 2 is 2.05 bits per heavy atom. The van der Waals surface area contributed by atoms with Gasteiger partial charge in [0.1, 0.15) is 4.90 Å². The largest absolute Gasteiger partial charge is 0.399 e. The van der Waals surface area contributed by atoms with Crippen LogP contribution >= 0.6 is 0 Å². The highest BCUT2D eigenvalue weighted by Gasteiger charge is 2.48. The molecule has 0 spiro atoms. The summed E-state index contributed by atoms with van der Waals surface area (Å²) in [6, 6.07) is 5.01. The Morgan fingerprint density at radius 1 is 1.38 bits per heavy atom. The zero-order valence-corrected chi connectivity index (χ0v) is 13.6. The Hall–Kier alpha value is -1.31. The Kier molecular flexibility index (Phi) is 4.19. The molecule has 0 bridgehead atoms. The number of benzene rings is 1. The molecule has 0 saturated heterocycles. The summed E-state index contributed by atoms with van der Waals surface area (Å²) < 4.78 is 32.0. The van der Waals surface area contributed by atoms with Crippen molar-refractivity contribution in [3.05, 3.63) is 18.2 Å². The van der Waals surface area contributed by atoms with Crippen molar-refractivity contribution in [3.8, 4) is 0 Å². The molecule has 118 valence electrons. The van der Waals surface area contributed by atoms with E-state index in [1.807, 2.05) is 0 Å². The standard InChI is InChI=1S/C14H23N3O3S/c1-14(2)12(8-13(14)20-4)17-10-6-5-9(15)7-11(10)21(18,19)16-3/h5-7,12-13,16-17H,8,15H2,1-4H3. The molecule has 0 amide bonds. The Bertz CT molecular complexity index is 628. The van der Waals surface area contributed by atoms with Gasteiger partial charge in [0, 0.05) is 24.3 Å². The molecule has 1 aliphatic rings. The minimum atomic E-state index is -3.56. The number of nitrogens with two attached hydrogens (primary N) is 1. The highest BCUT2D eigenvalue weighted by molar-refractivity contribution is 7.89. The van der Waals surface area contributed by atoms with E-state index in [0.29, 0.717) is 11.4 Å². The molecule has 1 fully saturated rings. The third-order valence-electron chi connectivity index (χ3n) is 4.36. The van der Waals surface area contributed by atoms with Gasteiger partial charge in [0.25, 0.3) is 0 Å². The smallest absolute Gasteiger partial charge is 0.242 e. The van der Waals surface area contributed by atoms with Gasteiger partial charge >= 0.3 is 0 Å². The van der Waals surface area contributed by atoms with Crippen LogP contribution in [0.3, 0.4) is 0 Å². The predicted octanol–water partition coefficient (Wildman–Crippen LogP) is 1.40. The van der Waals surface area contributed by atoms with Crippen molar-refractivity contribution < 1.29 is 13.2 Å². The topological polar surface area (TPSA) is 93.5 Å². The van der Waals surface area contributed by atoms with Crippen molar-refractivity contribution in [2.45, 2.75) is 37.3 Å². The fourth-order valence-corrected chi connectivity index (χ4v) is 3.64. The van der Waals surface area contributed by atoms with Gasteiger partial charge in [-0.1, -0.05) is 13.8 Å². The first-order valence-corrected chi connectivity index (χ1v) is 8.33. The molecule has 1 aromatic carbocycles. The summed E-state index contributed by atoms with van der Waals surface area (Å²) in [5.41, 5.74) is 6.63. The molecule has 2 unspecified atom stereocenters. The van der Waals surface area contributed by atoms with Crippen LogP contribution in [0.15, 0.2) is 23.1 Å². The Labute approximate surface area is 126 Å². The van der Waals surface area contributed by atoms with Crippen LogP contribution in [-0.2, 0) is 14.8 Å². The molecule has 6 nitrogen and oxygen atoms in total. The van der Waals surface area contributed by atoms with Crippen LogP contribution in [-0.4, -0.2) is 34.7 Å². The minimum Gasteiger partial charge on any atom is -0.399 e. The summed E-state index contributed by atoms with van der Waals surface area (Å²) in [5.74, 6) is 0. The van der Waals surface area contributed by atoms with Crippen LogP contribution in [0.2, 0.25) is 0 Å². The fraction of sp³-hybridized carbons (Fsp3) is 0.571. The predicted molar refractivity (Wildman–Crippen MR) is 83.7 cm³/mol. The van der Waals surface area contributed by atoms with Crippen LogP contribution in [0.25, 0.3) is 0 Å². The summed E-state index contributed by atoms with van der Waals surface area (Å²) >= 11 is 0. The number of hydrogen-bond donors (Lipinski definition) is 3. The van der Waals surface area contributed by atoms with Crippen LogP contribution in [0, 0.1) is 5.41 Å². The molecule has 0 aliphatic heterocycles. The molecule has 7 heteroatoms. The van der Waals surface area contributed by atoms with Gasteiger partial charge in [-0.3, -0.25) is 0 Å². The quantitative estimate of drug-likeness (QED) is 0.715. The molecule has 2 rings (SSSR count). The summed E-state index contributed by atoms with van der Waals surface area (Å²) in [6.45, 7) is 4.21. The number of ether oxygens (including phenoxy) is 1. The maximum absolute atomic E-state index is 12.1. The molecular weight excluding hydrogens is 290 g/mol. The van der Waals surface area contributed by atoms with Crippen LogP contribution in [0.4, 0.5) is 11.4 Å². The second-order valence-corrected chi connectivity index (χ2v) is 7.80. The van der Waals surface area contributed by atoms with Gasteiger partial charge in [0.2, 0.25) is 10.0 Å². The molecule has 0 aromatic heterocycles. The van der Waals surface area contributed by atoms with Crippen LogP contribution in [0.5, 0.6) is 0 Å². The van der Waals surface area contributed by atoms with Crippen molar-refractivity contribution >= 4 is 21.4 Å². The van der Waals surface area contributed by atoms with Gasteiger partial charge in [0.15, 0.2) is 0 Å². The van der Waals surface area contributed by atoms with E-state index in [4.69, 9.17) is 10.5 Å². The van der Waals surface area contributed by atoms with E-state index in [1.165, 1.54) is 13.1 Å². The van der Waals surface area contributed by atoms with Crippen LogP contribution < -0.4 is 15.8 Å². The lowest BCUT2D eigenvalue weighted by Gasteiger charge is -2.51. The summed E-state index contributed by atoms with van der Waals surface area (Å²) in [5, 5.41) is 3.31. The fourth-order valence-electron chi connectivity index (χ4n) is 2.71. The van der Waals surface area contributed by atoms with E-state index in [1.54, 1.807) is 19.2 Å². The van der Waals surface area contributed by atoms with E-state index in [-0.39, 0.29) is 22.5 Å². The lowest BCUT2D eigenvalue weighted by atomic mass is 9.64. The van der Waals surface area contributed by atoms with Crippen molar-refractivity contribution in [2.24, 2.45) is 5.41 Å². The monoisotopic (exact) mass is 313 g/mol. The summed E-state index contributed by atoms with van der Waals surface area (Å²) in [7, 11) is -0.479. The molecule has 21 heavy (non-hydrogen) atoms. The maximum Gasteiger partial charge on any atom is 0.242 e. The second kappa shape index (κ2) is 5.47. The van der Waals surface area contributed by atoms with Crippen molar-refractivity contribution in [1.29, 1.82) is 0 Å². The number of hydrogen-bond acceptors (Lipinski definition) is 5. The van der Waals surface area contributed by atoms with Crippen LogP contribution in [0.1, 0.15) is 20.3 Å². The Balaban J connectivity index is 2.30. The van der Waals surface area contributed by atoms with E-state index in [9.17, 15) is 8.42 Å². The third-order valence-corrected chi connectivity index (χ3v) is 5.81. The average molecular weight is 313 g/mol. The van der Waals surface area contributed by atoms with E-state index >= 15 is 0 Å².